The van der Waals surface area contributed by atoms with Crippen LogP contribution < -0.4 is 0 Å². The van der Waals surface area contributed by atoms with E-state index in [-0.39, 0.29) is 54.2 Å². The van der Waals surface area contributed by atoms with Crippen LogP contribution in [-0.4, -0.2) is 140 Å². The zero-order valence-electron chi connectivity index (χ0n) is 31.0. The van der Waals surface area contributed by atoms with E-state index in [1.165, 1.54) is 6.08 Å². The van der Waals surface area contributed by atoms with Gasteiger partial charge in [0.15, 0.2) is 12.6 Å². The molecular weight excluding hydrogens is 696 g/mol. The third kappa shape index (κ3) is 6.49. The molecule has 19 atom stereocenters. The summed E-state index contributed by atoms with van der Waals surface area (Å²) in [4.78, 5) is 24.7. The van der Waals surface area contributed by atoms with Gasteiger partial charge in [-0.3, -0.25) is 4.79 Å². The highest BCUT2D eigenvalue weighted by Crippen LogP contribution is 2.70. The van der Waals surface area contributed by atoms with Gasteiger partial charge in [-0.15, -0.1) is 0 Å². The van der Waals surface area contributed by atoms with Crippen molar-refractivity contribution in [1.29, 1.82) is 0 Å². The van der Waals surface area contributed by atoms with E-state index in [0.717, 1.165) is 31.3 Å². The fourth-order valence-corrected chi connectivity index (χ4v) is 11.7. The number of hydrogen-bond acceptors (Lipinski definition) is 15. The van der Waals surface area contributed by atoms with E-state index in [1.807, 2.05) is 0 Å². The van der Waals surface area contributed by atoms with Crippen LogP contribution >= 0.6 is 0 Å². The standard InChI is InChI=1S/C38H58O15/c1-5-25(40)51-23-14-38(47)22-7-6-19-13-20(8-10-36(19,3)21(22)9-11-37(38,4)27(23)18-12-26(41)48-16-18)50-34-32(46)30(44)33(17(2)49-34)53-35-31(45)29(43)28(42)24(15-39)52-35/h12,17,19-24,27-35,39,42-47H,5-11,13-16H2,1-4H3/t17-,19-,20+,21+,22-,23+,24-,27+,28-,29+,30+,31-,32-,33-,34+,35+,36+,37-,38+/m1/s1. The van der Waals surface area contributed by atoms with Gasteiger partial charge in [0, 0.05) is 30.3 Å². The summed E-state index contributed by atoms with van der Waals surface area (Å²) in [6.07, 6.45) is -7.08. The van der Waals surface area contributed by atoms with Crippen molar-refractivity contribution >= 4 is 11.9 Å². The number of carbonyl (C=O) groups is 2. The van der Waals surface area contributed by atoms with Crippen LogP contribution in [0.4, 0.5) is 0 Å². The molecule has 0 aromatic rings. The number of fused-ring (bicyclic) bond motifs is 5. The first-order chi connectivity index (χ1) is 25.1. The molecule has 0 radical (unpaired) electrons. The third-order valence-electron chi connectivity index (χ3n) is 14.7. The van der Waals surface area contributed by atoms with Gasteiger partial charge in [-0.1, -0.05) is 20.8 Å². The van der Waals surface area contributed by atoms with E-state index < -0.39 is 91.1 Å². The zero-order chi connectivity index (χ0) is 38.2. The normalized spacial score (nSPS) is 52.5. The smallest absolute Gasteiger partial charge is 0.331 e. The average molecular weight is 755 g/mol. The summed E-state index contributed by atoms with van der Waals surface area (Å²) in [6.45, 7) is 7.30. The van der Waals surface area contributed by atoms with E-state index in [0.29, 0.717) is 25.7 Å². The Labute approximate surface area is 309 Å². The number of carbonyl (C=O) groups excluding carboxylic acids is 2. The molecule has 6 fully saturated rings. The molecule has 3 heterocycles. The molecular formula is C38H58O15. The number of esters is 2. The average Bonchev–Trinajstić information content (AvgIpc) is 3.65. The number of rotatable bonds is 8. The van der Waals surface area contributed by atoms with E-state index in [9.17, 15) is 45.3 Å². The van der Waals surface area contributed by atoms with Crippen LogP contribution in [0, 0.1) is 34.5 Å². The number of cyclic esters (lactones) is 1. The van der Waals surface area contributed by atoms with Gasteiger partial charge in [-0.2, -0.15) is 0 Å². The Morgan fingerprint density at radius 2 is 1.62 bits per heavy atom. The van der Waals surface area contributed by atoms with Crippen LogP contribution in [-0.2, 0) is 38.0 Å². The molecule has 15 nitrogen and oxygen atoms in total. The van der Waals surface area contributed by atoms with Crippen LogP contribution in [0.1, 0.15) is 85.5 Å². The second kappa shape index (κ2) is 14.6. The predicted molar refractivity (Wildman–Crippen MR) is 181 cm³/mol. The second-order valence-electron chi connectivity index (χ2n) is 17.3. The molecule has 2 saturated heterocycles. The van der Waals surface area contributed by atoms with Crippen molar-refractivity contribution in [3.63, 3.8) is 0 Å². The van der Waals surface area contributed by atoms with Gasteiger partial charge in [0.25, 0.3) is 0 Å². The largest absolute Gasteiger partial charge is 0.462 e. The van der Waals surface area contributed by atoms with Gasteiger partial charge in [0.2, 0.25) is 0 Å². The SMILES string of the molecule is CCC(=O)O[C@H]1C[C@]2(O)[C@@H]3CC[C@@H]4C[C@@H](O[C@@H]5O[C@H](C)[C@@H](O[C@@H]6O[C@H](CO)[C@@H](O)[C@H](O)[C@H]6O)[C@@H](O)[C@H]5O)CC[C@]4(C)[C@H]3CC[C@]2(C)[C@H]1C1=CC(=O)OC1. The predicted octanol–water partition coefficient (Wildman–Crippen LogP) is 0.212. The maximum absolute atomic E-state index is 12.9. The van der Waals surface area contributed by atoms with Crippen molar-refractivity contribution in [3.05, 3.63) is 11.6 Å². The maximum atomic E-state index is 12.9. The van der Waals surface area contributed by atoms with E-state index in [4.69, 9.17) is 28.4 Å². The zero-order valence-corrected chi connectivity index (χ0v) is 31.0. The molecule has 0 unspecified atom stereocenters. The van der Waals surface area contributed by atoms with E-state index >= 15 is 0 Å². The Bertz CT molecular complexity index is 1410. The fraction of sp³-hybridized carbons (Fsp3) is 0.895. The minimum atomic E-state index is -1.68. The summed E-state index contributed by atoms with van der Waals surface area (Å²) >= 11 is 0. The molecule has 4 saturated carbocycles. The van der Waals surface area contributed by atoms with Crippen LogP contribution in [0.15, 0.2) is 11.6 Å². The fourth-order valence-electron chi connectivity index (χ4n) is 11.7. The molecule has 53 heavy (non-hydrogen) atoms. The van der Waals surface area contributed by atoms with Crippen molar-refractivity contribution in [2.75, 3.05) is 13.2 Å². The van der Waals surface area contributed by atoms with Crippen LogP contribution in [0.5, 0.6) is 0 Å². The molecule has 7 N–H and O–H groups in total. The molecule has 7 aliphatic rings. The summed E-state index contributed by atoms with van der Waals surface area (Å²) in [5.41, 5.74) is -1.01. The van der Waals surface area contributed by atoms with Crippen molar-refractivity contribution in [2.24, 2.45) is 34.5 Å². The molecule has 15 heteroatoms. The van der Waals surface area contributed by atoms with Crippen molar-refractivity contribution in [3.8, 4) is 0 Å². The lowest BCUT2D eigenvalue weighted by atomic mass is 9.43. The molecule has 300 valence electrons. The lowest BCUT2D eigenvalue weighted by Gasteiger charge is -2.63. The number of ether oxygens (including phenoxy) is 6. The number of aliphatic hydroxyl groups is 7. The van der Waals surface area contributed by atoms with Crippen molar-refractivity contribution in [2.45, 2.75) is 165 Å². The van der Waals surface area contributed by atoms with E-state index in [1.54, 1.807) is 13.8 Å². The van der Waals surface area contributed by atoms with Crippen molar-refractivity contribution in [1.82, 2.24) is 0 Å². The Kier molecular flexibility index (Phi) is 10.9. The highest BCUT2D eigenvalue weighted by molar-refractivity contribution is 5.85. The molecule has 0 bridgehead atoms. The van der Waals surface area contributed by atoms with Crippen LogP contribution in [0.25, 0.3) is 0 Å². The highest BCUT2D eigenvalue weighted by Gasteiger charge is 2.71. The Morgan fingerprint density at radius 3 is 2.30 bits per heavy atom. The Hall–Kier alpha value is -1.76. The highest BCUT2D eigenvalue weighted by atomic mass is 16.7. The Balaban J connectivity index is 1.01. The van der Waals surface area contributed by atoms with Gasteiger partial charge < -0.3 is 64.2 Å². The quantitative estimate of drug-likeness (QED) is 0.130. The minimum Gasteiger partial charge on any atom is -0.462 e. The molecule has 3 aliphatic heterocycles. The monoisotopic (exact) mass is 754 g/mol. The maximum Gasteiger partial charge on any atom is 0.331 e. The third-order valence-corrected chi connectivity index (χ3v) is 14.7. The summed E-state index contributed by atoms with van der Waals surface area (Å²) in [6, 6.07) is 0. The minimum absolute atomic E-state index is 0.0217. The van der Waals surface area contributed by atoms with Crippen LogP contribution in [0.2, 0.25) is 0 Å². The summed E-state index contributed by atoms with van der Waals surface area (Å²) < 4.78 is 34.9. The summed E-state index contributed by atoms with van der Waals surface area (Å²) in [5, 5.41) is 75.3. The molecule has 7 rings (SSSR count). The van der Waals surface area contributed by atoms with Gasteiger partial charge in [-0.05, 0) is 80.6 Å². The number of aliphatic hydroxyl groups excluding tert-OH is 6. The molecule has 0 aromatic heterocycles. The van der Waals surface area contributed by atoms with Crippen molar-refractivity contribution < 1.29 is 73.8 Å². The Morgan fingerprint density at radius 1 is 0.906 bits per heavy atom. The van der Waals surface area contributed by atoms with Gasteiger partial charge in [0.05, 0.1) is 24.4 Å². The lowest BCUT2D eigenvalue weighted by Crippen LogP contribution is -2.64. The van der Waals surface area contributed by atoms with Gasteiger partial charge in [-0.25, -0.2) is 4.79 Å². The molecule has 4 aliphatic carbocycles. The summed E-state index contributed by atoms with van der Waals surface area (Å²) in [7, 11) is 0. The molecule has 0 aromatic carbocycles. The molecule has 0 spiro atoms. The lowest BCUT2D eigenvalue weighted by molar-refractivity contribution is -0.360. The second-order valence-corrected chi connectivity index (χ2v) is 17.3. The summed E-state index contributed by atoms with van der Waals surface area (Å²) in [5.74, 6) is -0.575. The first kappa shape index (κ1) is 39.5. The first-order valence-electron chi connectivity index (χ1n) is 19.5. The van der Waals surface area contributed by atoms with Gasteiger partial charge in [0.1, 0.15) is 55.4 Å². The topological polar surface area (TPSA) is 231 Å². The first-order valence-corrected chi connectivity index (χ1v) is 19.5. The number of hydrogen-bond donors (Lipinski definition) is 7. The van der Waals surface area contributed by atoms with E-state index in [2.05, 4.69) is 13.8 Å². The van der Waals surface area contributed by atoms with Crippen LogP contribution in [0.3, 0.4) is 0 Å². The van der Waals surface area contributed by atoms with Gasteiger partial charge >= 0.3 is 11.9 Å². The molecule has 0 amide bonds.